The van der Waals surface area contributed by atoms with Crippen LogP contribution in [0.15, 0.2) is 16.6 Å². The third kappa shape index (κ3) is 1.88. The quantitative estimate of drug-likeness (QED) is 0.713. The number of rotatable bonds is 1. The van der Waals surface area contributed by atoms with Gasteiger partial charge >= 0.3 is 5.97 Å². The van der Waals surface area contributed by atoms with Crippen molar-refractivity contribution in [2.75, 3.05) is 7.11 Å². The van der Waals surface area contributed by atoms with Crippen molar-refractivity contribution in [3.8, 4) is 0 Å². The Morgan fingerprint density at radius 2 is 2.15 bits per heavy atom. The summed E-state index contributed by atoms with van der Waals surface area (Å²) in [4.78, 5) is 11.1. The zero-order valence-electron chi connectivity index (χ0n) is 7.23. The highest BCUT2D eigenvalue weighted by molar-refractivity contribution is 9.10. The van der Waals surface area contributed by atoms with E-state index in [1.165, 1.54) is 13.2 Å². The molecule has 0 N–H and O–H groups in total. The van der Waals surface area contributed by atoms with E-state index in [1.807, 2.05) is 0 Å². The van der Waals surface area contributed by atoms with Gasteiger partial charge in [-0.1, -0.05) is 6.07 Å². The molecule has 0 amide bonds. The minimum atomic E-state index is -0.673. The lowest BCUT2D eigenvalue weighted by Gasteiger charge is -2.05. The molecule has 70 valence electrons. The molecule has 0 spiro atoms. The molecule has 0 radical (unpaired) electrons. The molecule has 0 unspecified atom stereocenters. The molecule has 0 fully saturated rings. The van der Waals surface area contributed by atoms with Gasteiger partial charge in [0, 0.05) is 4.47 Å². The van der Waals surface area contributed by atoms with Gasteiger partial charge in [-0.3, -0.25) is 0 Å². The average molecular weight is 247 g/mol. The number of hydrogen-bond acceptors (Lipinski definition) is 2. The monoisotopic (exact) mass is 246 g/mol. The molecule has 13 heavy (non-hydrogen) atoms. The maximum absolute atomic E-state index is 13.1. The van der Waals surface area contributed by atoms with Gasteiger partial charge < -0.3 is 4.74 Å². The van der Waals surface area contributed by atoms with Crippen LogP contribution in [0.4, 0.5) is 4.39 Å². The first-order valence-corrected chi connectivity index (χ1v) is 4.40. The molecular weight excluding hydrogens is 239 g/mol. The highest BCUT2D eigenvalue weighted by Crippen LogP contribution is 2.24. The van der Waals surface area contributed by atoms with E-state index in [-0.39, 0.29) is 5.56 Å². The van der Waals surface area contributed by atoms with Gasteiger partial charge in [-0.25, -0.2) is 9.18 Å². The second-order valence-electron chi connectivity index (χ2n) is 2.54. The van der Waals surface area contributed by atoms with Crippen molar-refractivity contribution in [3.05, 3.63) is 33.5 Å². The highest BCUT2D eigenvalue weighted by Gasteiger charge is 2.17. The number of carbonyl (C=O) groups excluding carboxylic acids is 1. The van der Waals surface area contributed by atoms with Gasteiger partial charge in [0.15, 0.2) is 0 Å². The molecule has 0 atom stereocenters. The van der Waals surface area contributed by atoms with Crippen molar-refractivity contribution in [2.24, 2.45) is 0 Å². The number of methoxy groups -OCH3 is 1. The predicted molar refractivity (Wildman–Crippen MR) is 50.2 cm³/mol. The van der Waals surface area contributed by atoms with Gasteiger partial charge in [0.1, 0.15) is 11.4 Å². The van der Waals surface area contributed by atoms with Crippen molar-refractivity contribution in [1.29, 1.82) is 0 Å². The summed E-state index contributed by atoms with van der Waals surface area (Å²) in [7, 11) is 1.22. The molecule has 0 aliphatic rings. The van der Waals surface area contributed by atoms with Gasteiger partial charge in [-0.15, -0.1) is 0 Å². The summed E-state index contributed by atoms with van der Waals surface area (Å²) in [5.74, 6) is -1.25. The minimum Gasteiger partial charge on any atom is -0.465 e. The fourth-order valence-corrected chi connectivity index (χ4v) is 1.43. The summed E-state index contributed by atoms with van der Waals surface area (Å²) in [5.41, 5.74) is 0.740. The van der Waals surface area contributed by atoms with Crippen molar-refractivity contribution in [1.82, 2.24) is 0 Å². The number of benzene rings is 1. The van der Waals surface area contributed by atoms with Crippen LogP contribution in [0.2, 0.25) is 0 Å². The third-order valence-electron chi connectivity index (χ3n) is 1.67. The molecule has 0 saturated heterocycles. The van der Waals surface area contributed by atoms with Crippen LogP contribution in [0.5, 0.6) is 0 Å². The summed E-state index contributed by atoms with van der Waals surface area (Å²) in [6.07, 6.45) is 0. The van der Waals surface area contributed by atoms with Crippen LogP contribution in [-0.4, -0.2) is 13.1 Å². The lowest BCUT2D eigenvalue weighted by molar-refractivity contribution is 0.0594. The number of hydrogen-bond donors (Lipinski definition) is 0. The topological polar surface area (TPSA) is 26.3 Å². The summed E-state index contributed by atoms with van der Waals surface area (Å²) in [6.45, 7) is 1.77. The lowest BCUT2D eigenvalue weighted by Crippen LogP contribution is -2.06. The maximum Gasteiger partial charge on any atom is 0.342 e. The Labute approximate surface area is 83.8 Å². The number of ether oxygens (including phenoxy) is 1. The fourth-order valence-electron chi connectivity index (χ4n) is 0.946. The first kappa shape index (κ1) is 10.2. The Kier molecular flexibility index (Phi) is 3.03. The Morgan fingerprint density at radius 1 is 1.54 bits per heavy atom. The average Bonchev–Trinajstić information content (AvgIpc) is 2.12. The highest BCUT2D eigenvalue weighted by atomic mass is 79.9. The van der Waals surface area contributed by atoms with Crippen LogP contribution < -0.4 is 0 Å². The number of aryl methyl sites for hydroxylation is 1. The molecule has 1 aromatic carbocycles. The zero-order chi connectivity index (χ0) is 10.0. The molecule has 0 saturated carbocycles. The van der Waals surface area contributed by atoms with Gasteiger partial charge in [0.2, 0.25) is 0 Å². The van der Waals surface area contributed by atoms with E-state index >= 15 is 0 Å². The van der Waals surface area contributed by atoms with E-state index in [4.69, 9.17) is 0 Å². The van der Waals surface area contributed by atoms with Crippen molar-refractivity contribution in [2.45, 2.75) is 6.92 Å². The van der Waals surface area contributed by atoms with Crippen LogP contribution >= 0.6 is 15.9 Å². The summed E-state index contributed by atoms with van der Waals surface area (Å²) in [5, 5.41) is 0. The smallest absolute Gasteiger partial charge is 0.342 e. The second-order valence-corrected chi connectivity index (χ2v) is 3.34. The number of carbonyl (C=O) groups is 1. The van der Waals surface area contributed by atoms with Gasteiger partial charge in [0.25, 0.3) is 0 Å². The Morgan fingerprint density at radius 3 is 2.69 bits per heavy atom. The predicted octanol–water partition coefficient (Wildman–Crippen LogP) is 2.68. The number of halogens is 2. The van der Waals surface area contributed by atoms with Crippen molar-refractivity contribution in [3.63, 3.8) is 0 Å². The molecule has 0 bridgehead atoms. The molecule has 1 aromatic rings. The second kappa shape index (κ2) is 3.87. The van der Waals surface area contributed by atoms with E-state index in [2.05, 4.69) is 20.7 Å². The number of esters is 1. The standard InChI is InChI=1S/C9H8BrFO2/c1-5-3-4-6(11)7(8(5)10)9(12)13-2/h3-4H,1-2H3. The molecule has 0 aromatic heterocycles. The van der Waals surface area contributed by atoms with Crippen LogP contribution in [0.3, 0.4) is 0 Å². The molecule has 0 aliphatic carbocycles. The molecule has 2 nitrogen and oxygen atoms in total. The van der Waals surface area contributed by atoms with Crippen molar-refractivity contribution < 1.29 is 13.9 Å². The van der Waals surface area contributed by atoms with Crippen LogP contribution in [0.1, 0.15) is 15.9 Å². The van der Waals surface area contributed by atoms with E-state index in [1.54, 1.807) is 13.0 Å². The van der Waals surface area contributed by atoms with E-state index < -0.39 is 11.8 Å². The van der Waals surface area contributed by atoms with E-state index in [0.29, 0.717) is 4.47 Å². The van der Waals surface area contributed by atoms with Gasteiger partial charge in [0.05, 0.1) is 7.11 Å². The van der Waals surface area contributed by atoms with Crippen LogP contribution in [0.25, 0.3) is 0 Å². The summed E-state index contributed by atoms with van der Waals surface area (Å²) >= 11 is 3.13. The Hall–Kier alpha value is -0.900. The molecule has 0 heterocycles. The maximum atomic E-state index is 13.1. The molecule has 0 aliphatic heterocycles. The van der Waals surface area contributed by atoms with Gasteiger partial charge in [-0.05, 0) is 34.5 Å². The SMILES string of the molecule is COC(=O)c1c(F)ccc(C)c1Br. The third-order valence-corrected chi connectivity index (χ3v) is 2.70. The van der Waals surface area contributed by atoms with Crippen LogP contribution in [-0.2, 0) is 4.74 Å². The van der Waals surface area contributed by atoms with E-state index in [0.717, 1.165) is 5.56 Å². The molecule has 1 rings (SSSR count). The zero-order valence-corrected chi connectivity index (χ0v) is 8.81. The Bertz CT molecular complexity index is 350. The summed E-state index contributed by atoms with van der Waals surface area (Å²) in [6, 6.07) is 2.83. The van der Waals surface area contributed by atoms with Gasteiger partial charge in [-0.2, -0.15) is 0 Å². The Balaban J connectivity index is 3.33. The molecular formula is C9H8BrFO2. The minimum absolute atomic E-state index is 0.0532. The van der Waals surface area contributed by atoms with Crippen LogP contribution in [0, 0.1) is 12.7 Å². The lowest BCUT2D eigenvalue weighted by atomic mass is 10.1. The first-order valence-electron chi connectivity index (χ1n) is 3.61. The first-order chi connectivity index (χ1) is 6.07. The molecule has 4 heteroatoms. The van der Waals surface area contributed by atoms with E-state index in [9.17, 15) is 9.18 Å². The summed E-state index contributed by atoms with van der Waals surface area (Å²) < 4.78 is 18.0. The fraction of sp³-hybridized carbons (Fsp3) is 0.222. The normalized spacial score (nSPS) is 9.85. The largest absolute Gasteiger partial charge is 0.465 e. The van der Waals surface area contributed by atoms with Crippen molar-refractivity contribution >= 4 is 21.9 Å².